The van der Waals surface area contributed by atoms with Gasteiger partial charge in [-0.15, -0.1) is 11.3 Å². The number of ether oxygens (including phenoxy) is 1. The van der Waals surface area contributed by atoms with E-state index in [1.54, 1.807) is 11.3 Å². The number of nitrogens with zero attached hydrogens (tertiary/aromatic N) is 5. The second-order valence-corrected chi connectivity index (χ2v) is 8.87. The first kappa shape index (κ1) is 21.9. The Balaban J connectivity index is 1.14. The number of thiazole rings is 1. The monoisotopic (exact) mass is 442 g/mol. The molecule has 1 aromatic heterocycles. The van der Waals surface area contributed by atoms with Crippen LogP contribution in [0.15, 0.2) is 40.7 Å². The fourth-order valence-corrected chi connectivity index (χ4v) is 5.01. The van der Waals surface area contributed by atoms with Gasteiger partial charge in [-0.3, -0.25) is 9.89 Å². The van der Waals surface area contributed by atoms with Crippen LogP contribution in [-0.2, 0) is 6.42 Å². The Morgan fingerprint density at radius 2 is 1.87 bits per heavy atom. The summed E-state index contributed by atoms with van der Waals surface area (Å²) in [6, 6.07) is 10.0. The van der Waals surface area contributed by atoms with Crippen LogP contribution < -0.4 is 15.0 Å². The van der Waals surface area contributed by atoms with E-state index in [1.807, 2.05) is 37.4 Å². The summed E-state index contributed by atoms with van der Waals surface area (Å²) >= 11 is 1.78. The summed E-state index contributed by atoms with van der Waals surface area (Å²) in [4.78, 5) is 16.5. The van der Waals surface area contributed by atoms with E-state index < -0.39 is 0 Å². The maximum absolute atomic E-state index is 5.83. The molecule has 8 heteroatoms. The fourth-order valence-electron chi connectivity index (χ4n) is 4.09. The number of para-hydroxylation sites is 1. The van der Waals surface area contributed by atoms with Crippen LogP contribution in [0, 0.1) is 0 Å². The number of benzene rings is 1. The van der Waals surface area contributed by atoms with Gasteiger partial charge >= 0.3 is 0 Å². The molecule has 0 spiro atoms. The maximum atomic E-state index is 5.83. The highest BCUT2D eigenvalue weighted by atomic mass is 32.1. The normalized spacial score (nSPS) is 17.9. The second-order valence-electron chi connectivity index (χ2n) is 8.03. The summed E-state index contributed by atoms with van der Waals surface area (Å²) in [6.45, 7) is 8.89. The van der Waals surface area contributed by atoms with Crippen LogP contribution in [0.1, 0.15) is 18.5 Å². The molecule has 2 aliphatic heterocycles. The molecule has 0 saturated carbocycles. The molecular formula is C23H34N6OS. The van der Waals surface area contributed by atoms with Crippen LogP contribution in [0.2, 0.25) is 0 Å². The number of hydrogen-bond acceptors (Lipinski definition) is 6. The molecule has 1 N–H and O–H groups in total. The van der Waals surface area contributed by atoms with E-state index in [0.717, 1.165) is 77.1 Å². The Morgan fingerprint density at radius 1 is 1.10 bits per heavy atom. The van der Waals surface area contributed by atoms with Gasteiger partial charge in [-0.05, 0) is 25.0 Å². The predicted octanol–water partition coefficient (Wildman–Crippen LogP) is 2.56. The lowest BCUT2D eigenvalue weighted by atomic mass is 10.3. The van der Waals surface area contributed by atoms with Crippen molar-refractivity contribution in [2.75, 3.05) is 70.9 Å². The third kappa shape index (κ3) is 6.33. The molecule has 4 rings (SSSR count). The molecule has 168 valence electrons. The van der Waals surface area contributed by atoms with E-state index in [4.69, 9.17) is 9.72 Å². The number of aliphatic imine (C=N–C) groups is 1. The van der Waals surface area contributed by atoms with Gasteiger partial charge in [0.05, 0.1) is 5.69 Å². The minimum atomic E-state index is 0.726. The van der Waals surface area contributed by atoms with E-state index in [-0.39, 0.29) is 0 Å². The smallest absolute Gasteiger partial charge is 0.193 e. The Morgan fingerprint density at radius 3 is 2.61 bits per heavy atom. The van der Waals surface area contributed by atoms with Crippen molar-refractivity contribution in [3.05, 3.63) is 41.4 Å². The average molecular weight is 443 g/mol. The molecule has 0 aliphatic carbocycles. The summed E-state index contributed by atoms with van der Waals surface area (Å²) in [5.74, 6) is 1.94. The maximum Gasteiger partial charge on any atom is 0.193 e. The van der Waals surface area contributed by atoms with Crippen molar-refractivity contribution in [2.24, 2.45) is 4.99 Å². The molecule has 0 radical (unpaired) electrons. The minimum absolute atomic E-state index is 0.726. The van der Waals surface area contributed by atoms with Gasteiger partial charge in [0.1, 0.15) is 12.4 Å². The molecule has 2 aromatic rings. The largest absolute Gasteiger partial charge is 0.492 e. The second kappa shape index (κ2) is 11.3. The van der Waals surface area contributed by atoms with E-state index in [2.05, 4.69) is 30.4 Å². The van der Waals surface area contributed by atoms with Gasteiger partial charge in [0, 0.05) is 71.2 Å². The van der Waals surface area contributed by atoms with Crippen molar-refractivity contribution >= 4 is 22.4 Å². The lowest BCUT2D eigenvalue weighted by Crippen LogP contribution is -2.53. The standard InChI is InChI=1S/C23H34N6OS/c1-24-22(25-10-9-20-19-31-23(26-20)29-11-5-6-12-29)28-15-13-27(14-16-28)17-18-30-21-7-3-2-4-8-21/h2-4,7-8,19H,5-6,9-18H2,1H3,(H,24,25). The lowest BCUT2D eigenvalue weighted by molar-refractivity contribution is 0.152. The van der Waals surface area contributed by atoms with Gasteiger partial charge in [-0.25, -0.2) is 4.98 Å². The van der Waals surface area contributed by atoms with Crippen molar-refractivity contribution in [1.82, 2.24) is 20.1 Å². The SMILES string of the molecule is CN=C(NCCc1csc(N2CCCC2)n1)N1CCN(CCOc2ccccc2)CC1. The highest BCUT2D eigenvalue weighted by molar-refractivity contribution is 7.13. The number of guanidine groups is 1. The van der Waals surface area contributed by atoms with E-state index in [1.165, 1.54) is 23.7 Å². The fraction of sp³-hybridized carbons (Fsp3) is 0.565. The molecule has 0 bridgehead atoms. The van der Waals surface area contributed by atoms with Gasteiger partial charge in [0.25, 0.3) is 0 Å². The number of hydrogen-bond donors (Lipinski definition) is 1. The molecule has 3 heterocycles. The van der Waals surface area contributed by atoms with Crippen molar-refractivity contribution < 1.29 is 4.74 Å². The van der Waals surface area contributed by atoms with Crippen LogP contribution in [0.3, 0.4) is 0 Å². The zero-order valence-electron chi connectivity index (χ0n) is 18.5. The van der Waals surface area contributed by atoms with E-state index in [0.29, 0.717) is 0 Å². The zero-order valence-corrected chi connectivity index (χ0v) is 19.3. The summed E-state index contributed by atoms with van der Waals surface area (Å²) in [7, 11) is 1.87. The van der Waals surface area contributed by atoms with Gasteiger partial charge < -0.3 is 19.9 Å². The number of aromatic nitrogens is 1. The van der Waals surface area contributed by atoms with Gasteiger partial charge in [0.15, 0.2) is 11.1 Å². The first-order valence-electron chi connectivity index (χ1n) is 11.4. The molecule has 0 atom stereocenters. The molecule has 2 aliphatic rings. The third-order valence-corrected chi connectivity index (χ3v) is 6.83. The number of anilines is 1. The molecular weight excluding hydrogens is 408 g/mol. The molecule has 1 aromatic carbocycles. The van der Waals surface area contributed by atoms with Gasteiger partial charge in [-0.1, -0.05) is 18.2 Å². The summed E-state index contributed by atoms with van der Waals surface area (Å²) in [5.41, 5.74) is 1.18. The van der Waals surface area contributed by atoms with E-state index >= 15 is 0 Å². The third-order valence-electron chi connectivity index (χ3n) is 5.88. The highest BCUT2D eigenvalue weighted by Crippen LogP contribution is 2.24. The Bertz CT molecular complexity index is 812. The summed E-state index contributed by atoms with van der Waals surface area (Å²) < 4.78 is 5.83. The van der Waals surface area contributed by atoms with Crippen LogP contribution in [-0.4, -0.2) is 86.8 Å². The van der Waals surface area contributed by atoms with Crippen LogP contribution >= 0.6 is 11.3 Å². The van der Waals surface area contributed by atoms with E-state index in [9.17, 15) is 0 Å². The molecule has 7 nitrogen and oxygen atoms in total. The van der Waals surface area contributed by atoms with Crippen molar-refractivity contribution in [1.29, 1.82) is 0 Å². The van der Waals surface area contributed by atoms with Gasteiger partial charge in [-0.2, -0.15) is 0 Å². The molecule has 0 amide bonds. The molecule has 2 saturated heterocycles. The van der Waals surface area contributed by atoms with Crippen molar-refractivity contribution in [2.45, 2.75) is 19.3 Å². The Kier molecular flexibility index (Phi) is 8.01. The van der Waals surface area contributed by atoms with Gasteiger partial charge in [0.2, 0.25) is 0 Å². The number of piperazine rings is 1. The van der Waals surface area contributed by atoms with Crippen molar-refractivity contribution in [3.63, 3.8) is 0 Å². The predicted molar refractivity (Wildman–Crippen MR) is 129 cm³/mol. The Hall–Kier alpha value is -2.32. The molecule has 0 unspecified atom stereocenters. The van der Waals surface area contributed by atoms with Crippen LogP contribution in [0.25, 0.3) is 0 Å². The molecule has 2 fully saturated rings. The summed E-state index contributed by atoms with van der Waals surface area (Å²) in [6.07, 6.45) is 3.51. The number of nitrogens with one attached hydrogen (secondary N) is 1. The lowest BCUT2D eigenvalue weighted by Gasteiger charge is -2.36. The first-order chi connectivity index (χ1) is 15.3. The average Bonchev–Trinajstić information content (AvgIpc) is 3.50. The Labute approximate surface area is 189 Å². The highest BCUT2D eigenvalue weighted by Gasteiger charge is 2.20. The topological polar surface area (TPSA) is 56.2 Å². The molecule has 31 heavy (non-hydrogen) atoms. The minimum Gasteiger partial charge on any atom is -0.492 e. The van der Waals surface area contributed by atoms with Crippen LogP contribution in [0.5, 0.6) is 5.75 Å². The van der Waals surface area contributed by atoms with Crippen molar-refractivity contribution in [3.8, 4) is 5.75 Å². The van der Waals surface area contributed by atoms with Crippen LogP contribution in [0.4, 0.5) is 5.13 Å². The quantitative estimate of drug-likeness (QED) is 0.501. The first-order valence-corrected chi connectivity index (χ1v) is 12.2. The summed E-state index contributed by atoms with van der Waals surface area (Å²) in [5, 5.41) is 6.92. The zero-order chi connectivity index (χ0) is 21.3. The number of rotatable bonds is 8.